The Morgan fingerprint density at radius 3 is 2.30 bits per heavy atom. The lowest BCUT2D eigenvalue weighted by Crippen LogP contribution is -2.31. The number of aryl methyl sites for hydroxylation is 1. The topological polar surface area (TPSA) is 75.7 Å². The maximum Gasteiger partial charge on any atom is 0.265 e. The monoisotopic (exact) mass is 432 g/mol. The quantitative estimate of drug-likeness (QED) is 0.740. The number of ether oxygens (including phenoxy) is 1. The average Bonchev–Trinajstić information content (AvgIpc) is 2.64. The number of rotatable bonds is 6. The van der Waals surface area contributed by atoms with E-state index < -0.39 is 16.1 Å². The summed E-state index contributed by atoms with van der Waals surface area (Å²) >= 11 is 0. The predicted molar refractivity (Wildman–Crippen MR) is 121 cm³/mol. The van der Waals surface area contributed by atoms with Crippen molar-refractivity contribution in [2.24, 2.45) is 0 Å². The van der Waals surface area contributed by atoms with Crippen LogP contribution in [0.15, 0.2) is 41.3 Å². The van der Waals surface area contributed by atoms with Crippen LogP contribution in [0, 0.1) is 13.8 Å². The summed E-state index contributed by atoms with van der Waals surface area (Å²) in [6.07, 6.45) is -0.756. The lowest BCUT2D eigenvalue weighted by Gasteiger charge is -2.21. The lowest BCUT2D eigenvalue weighted by atomic mass is 9.87. The molecule has 7 heteroatoms. The van der Waals surface area contributed by atoms with Gasteiger partial charge in [0.05, 0.1) is 4.90 Å². The first kappa shape index (κ1) is 23.9. The molecule has 1 atom stereocenters. The second-order valence-electron chi connectivity index (χ2n) is 8.73. The van der Waals surface area contributed by atoms with Gasteiger partial charge in [0.2, 0.25) is 10.0 Å². The van der Waals surface area contributed by atoms with E-state index in [0.29, 0.717) is 11.4 Å². The van der Waals surface area contributed by atoms with Gasteiger partial charge in [0, 0.05) is 19.8 Å². The number of nitrogens with one attached hydrogen (secondary N) is 1. The van der Waals surface area contributed by atoms with Gasteiger partial charge in [0.1, 0.15) is 5.75 Å². The third kappa shape index (κ3) is 5.40. The number of hydrogen-bond donors (Lipinski definition) is 1. The molecule has 0 saturated heterocycles. The summed E-state index contributed by atoms with van der Waals surface area (Å²) in [5.74, 6) is 0.264. The fourth-order valence-electron chi connectivity index (χ4n) is 2.84. The normalized spacial score (nSPS) is 13.2. The molecule has 0 spiro atoms. The van der Waals surface area contributed by atoms with Gasteiger partial charge in [0.25, 0.3) is 5.91 Å². The molecule has 1 amide bonds. The van der Waals surface area contributed by atoms with Gasteiger partial charge in [0.15, 0.2) is 6.10 Å². The molecule has 0 aliphatic carbocycles. The number of sulfonamides is 1. The van der Waals surface area contributed by atoms with Gasteiger partial charge in [-0.05, 0) is 67.1 Å². The van der Waals surface area contributed by atoms with Crippen LogP contribution in [-0.2, 0) is 20.2 Å². The van der Waals surface area contributed by atoms with Crippen LogP contribution < -0.4 is 10.1 Å². The Hall–Kier alpha value is -2.38. The first-order valence-electron chi connectivity index (χ1n) is 9.85. The summed E-state index contributed by atoms with van der Waals surface area (Å²) < 4.78 is 32.0. The molecule has 2 aromatic rings. The molecule has 0 saturated carbocycles. The van der Waals surface area contributed by atoms with Gasteiger partial charge in [-0.1, -0.05) is 32.9 Å². The summed E-state index contributed by atoms with van der Waals surface area (Å²) in [5.41, 5.74) is 3.13. The molecule has 30 heavy (non-hydrogen) atoms. The Morgan fingerprint density at radius 2 is 1.73 bits per heavy atom. The van der Waals surface area contributed by atoms with Crippen molar-refractivity contribution in [2.45, 2.75) is 58.0 Å². The third-order valence-electron chi connectivity index (χ3n) is 5.06. The molecule has 0 radical (unpaired) electrons. The summed E-state index contributed by atoms with van der Waals surface area (Å²) in [5, 5.41) is 2.82. The largest absolute Gasteiger partial charge is 0.481 e. The number of carbonyl (C=O) groups excluding carboxylic acids is 1. The number of nitrogens with zero attached hydrogens (tertiary/aromatic N) is 1. The molecule has 0 fully saturated rings. The summed E-state index contributed by atoms with van der Waals surface area (Å²) in [6, 6.07) is 10.8. The first-order chi connectivity index (χ1) is 13.7. The van der Waals surface area contributed by atoms with Crippen molar-refractivity contribution in [1.82, 2.24) is 4.31 Å². The Bertz CT molecular complexity index is 1040. The minimum absolute atomic E-state index is 0.0299. The minimum Gasteiger partial charge on any atom is -0.481 e. The minimum atomic E-state index is -3.61. The van der Waals surface area contributed by atoms with Crippen molar-refractivity contribution in [3.63, 3.8) is 0 Å². The van der Waals surface area contributed by atoms with E-state index in [-0.39, 0.29) is 16.2 Å². The second kappa shape index (κ2) is 8.78. The molecule has 2 aromatic carbocycles. The Balaban J connectivity index is 2.24. The van der Waals surface area contributed by atoms with E-state index in [9.17, 15) is 13.2 Å². The molecular weight excluding hydrogens is 400 g/mol. The van der Waals surface area contributed by atoms with Crippen molar-refractivity contribution in [3.05, 3.63) is 53.1 Å². The molecule has 164 valence electrons. The van der Waals surface area contributed by atoms with Crippen LogP contribution in [0.25, 0.3) is 0 Å². The van der Waals surface area contributed by atoms with Crippen molar-refractivity contribution in [1.29, 1.82) is 0 Å². The molecule has 0 aromatic heterocycles. The van der Waals surface area contributed by atoms with Crippen molar-refractivity contribution in [2.75, 3.05) is 19.4 Å². The Labute approximate surface area is 180 Å². The van der Waals surface area contributed by atoms with E-state index in [2.05, 4.69) is 26.1 Å². The van der Waals surface area contributed by atoms with Gasteiger partial charge in [-0.2, -0.15) is 0 Å². The van der Waals surface area contributed by atoms with Crippen molar-refractivity contribution in [3.8, 4) is 5.75 Å². The number of hydrogen-bond acceptors (Lipinski definition) is 4. The number of anilines is 1. The maximum absolute atomic E-state index is 12.8. The second-order valence-corrected chi connectivity index (χ2v) is 10.9. The fraction of sp³-hybridized carbons (Fsp3) is 0.435. The zero-order chi connectivity index (χ0) is 22.9. The number of amides is 1. The van der Waals surface area contributed by atoms with Crippen LogP contribution in [0.5, 0.6) is 5.75 Å². The van der Waals surface area contributed by atoms with Crippen LogP contribution in [-0.4, -0.2) is 38.8 Å². The Morgan fingerprint density at radius 1 is 1.10 bits per heavy atom. The maximum atomic E-state index is 12.8. The highest BCUT2D eigenvalue weighted by atomic mass is 32.2. The standard InChI is InChI=1S/C23H32N2O4S/c1-15-12-20(30(27,28)25(7)8)14-21(16(15)2)24-22(26)17(3)29-19-11-9-10-18(13-19)23(4,5)6/h9-14,17H,1-8H3,(H,24,26). The molecule has 0 aliphatic heterocycles. The summed E-state index contributed by atoms with van der Waals surface area (Å²) in [7, 11) is -0.658. The predicted octanol–water partition coefficient (Wildman–Crippen LogP) is 4.26. The highest BCUT2D eigenvalue weighted by Crippen LogP contribution is 2.27. The number of benzene rings is 2. The molecule has 0 bridgehead atoms. The fourth-order valence-corrected chi connectivity index (χ4v) is 3.86. The average molecular weight is 433 g/mol. The number of carbonyl (C=O) groups is 1. The van der Waals surface area contributed by atoms with Gasteiger partial charge >= 0.3 is 0 Å². The molecule has 1 N–H and O–H groups in total. The van der Waals surface area contributed by atoms with Gasteiger partial charge in [-0.15, -0.1) is 0 Å². The van der Waals surface area contributed by atoms with Crippen molar-refractivity contribution >= 4 is 21.6 Å². The smallest absolute Gasteiger partial charge is 0.265 e. The molecule has 6 nitrogen and oxygen atoms in total. The highest BCUT2D eigenvalue weighted by molar-refractivity contribution is 7.89. The van der Waals surface area contributed by atoms with Gasteiger partial charge in [-0.25, -0.2) is 12.7 Å². The van der Waals surface area contributed by atoms with E-state index in [0.717, 1.165) is 21.0 Å². The van der Waals surface area contributed by atoms with Crippen molar-refractivity contribution < 1.29 is 17.9 Å². The van der Waals surface area contributed by atoms with E-state index in [1.807, 2.05) is 38.1 Å². The highest BCUT2D eigenvalue weighted by Gasteiger charge is 2.22. The van der Waals surface area contributed by atoms with Crippen LogP contribution in [0.4, 0.5) is 5.69 Å². The summed E-state index contributed by atoms with van der Waals surface area (Å²) in [6.45, 7) is 11.7. The Kier molecular flexibility index (Phi) is 6.99. The van der Waals surface area contributed by atoms with Crippen LogP contribution >= 0.6 is 0 Å². The molecule has 0 aliphatic rings. The van der Waals surface area contributed by atoms with Crippen LogP contribution in [0.1, 0.15) is 44.4 Å². The molecular formula is C23H32N2O4S. The van der Waals surface area contributed by atoms with Crippen LogP contribution in [0.2, 0.25) is 0 Å². The SMILES string of the molecule is Cc1cc(S(=O)(=O)N(C)C)cc(NC(=O)C(C)Oc2cccc(C(C)(C)C)c2)c1C. The molecule has 2 rings (SSSR count). The van der Waals surface area contributed by atoms with Crippen LogP contribution in [0.3, 0.4) is 0 Å². The lowest BCUT2D eigenvalue weighted by molar-refractivity contribution is -0.122. The van der Waals surface area contributed by atoms with E-state index in [4.69, 9.17) is 4.74 Å². The zero-order valence-electron chi connectivity index (χ0n) is 19.0. The van der Waals surface area contributed by atoms with Gasteiger partial charge < -0.3 is 10.1 Å². The van der Waals surface area contributed by atoms with E-state index >= 15 is 0 Å². The van der Waals surface area contributed by atoms with E-state index in [1.165, 1.54) is 20.2 Å². The van der Waals surface area contributed by atoms with Gasteiger partial charge in [-0.3, -0.25) is 4.79 Å². The molecule has 1 unspecified atom stereocenters. The first-order valence-corrected chi connectivity index (χ1v) is 11.3. The molecule has 0 heterocycles. The zero-order valence-corrected chi connectivity index (χ0v) is 19.8. The van der Waals surface area contributed by atoms with E-state index in [1.54, 1.807) is 13.0 Å². The summed E-state index contributed by atoms with van der Waals surface area (Å²) in [4.78, 5) is 12.9. The third-order valence-corrected chi connectivity index (χ3v) is 6.85.